The summed E-state index contributed by atoms with van der Waals surface area (Å²) in [5.41, 5.74) is 12.2. The van der Waals surface area contributed by atoms with Crippen LogP contribution >= 0.6 is 11.3 Å². The minimum absolute atomic E-state index is 1.17. The summed E-state index contributed by atoms with van der Waals surface area (Å²) in [5.74, 6) is 0. The largest absolute Gasteiger partial charge is 0.309 e. The number of fused-ring (bicyclic) bond motifs is 9. The Hall–Kier alpha value is -6.68. The summed E-state index contributed by atoms with van der Waals surface area (Å²) in [4.78, 5) is 0. The monoisotopic (exact) mass is 694 g/mol. The van der Waals surface area contributed by atoms with Crippen molar-refractivity contribution in [1.29, 1.82) is 0 Å². The number of nitrogens with zero attached hydrogens (tertiary/aromatic N) is 2. The number of rotatable bonds is 4. The molecule has 3 heteroatoms. The summed E-state index contributed by atoms with van der Waals surface area (Å²) in [5, 5.41) is 7.68. The van der Waals surface area contributed by atoms with Crippen molar-refractivity contribution in [3.63, 3.8) is 0 Å². The second-order valence-electron chi connectivity index (χ2n) is 13.3. The van der Waals surface area contributed by atoms with E-state index < -0.39 is 0 Å². The van der Waals surface area contributed by atoms with Crippen molar-refractivity contribution in [1.82, 2.24) is 9.13 Å². The van der Waals surface area contributed by atoms with Crippen molar-refractivity contribution in [3.8, 4) is 33.6 Å². The van der Waals surface area contributed by atoms with E-state index in [2.05, 4.69) is 204 Å². The number of hydrogen-bond donors (Lipinski definition) is 0. The first-order valence-electron chi connectivity index (χ1n) is 17.9. The quantitative estimate of drug-likeness (QED) is 0.162. The van der Waals surface area contributed by atoms with E-state index in [0.717, 1.165) is 0 Å². The Kier molecular flexibility index (Phi) is 7.34. The van der Waals surface area contributed by atoms with Crippen LogP contribution in [0.5, 0.6) is 0 Å². The topological polar surface area (TPSA) is 9.86 Å². The van der Waals surface area contributed by atoms with Crippen molar-refractivity contribution in [2.45, 2.75) is 0 Å². The summed E-state index contributed by atoms with van der Waals surface area (Å²) in [6.45, 7) is 6.00. The van der Waals surface area contributed by atoms with Crippen molar-refractivity contribution in [3.05, 3.63) is 195 Å². The first-order chi connectivity index (χ1) is 26.3. The fourth-order valence-electron chi connectivity index (χ4n) is 8.21. The molecule has 0 aliphatic rings. The van der Waals surface area contributed by atoms with Gasteiger partial charge in [-0.25, -0.2) is 0 Å². The molecule has 3 heterocycles. The summed E-state index contributed by atoms with van der Waals surface area (Å²) in [7, 11) is 0. The predicted octanol–water partition coefficient (Wildman–Crippen LogP) is 14.4. The summed E-state index contributed by atoms with van der Waals surface area (Å²) < 4.78 is 7.48. The third kappa shape index (κ3) is 4.86. The molecule has 0 saturated carbocycles. The number of benzene rings is 8. The summed E-state index contributed by atoms with van der Waals surface area (Å²) in [6, 6.07) is 66.6. The van der Waals surface area contributed by atoms with Gasteiger partial charge in [-0.3, -0.25) is 0 Å². The molecule has 0 spiro atoms. The van der Waals surface area contributed by atoms with Crippen LogP contribution in [0.1, 0.15) is 0 Å². The van der Waals surface area contributed by atoms with E-state index in [4.69, 9.17) is 0 Å². The maximum Gasteiger partial charge on any atom is 0.0640 e. The average Bonchev–Trinajstić information content (AvgIpc) is 3.89. The Balaban J connectivity index is 0.00000172. The van der Waals surface area contributed by atoms with Crippen molar-refractivity contribution in [2.75, 3.05) is 0 Å². The van der Waals surface area contributed by atoms with Crippen LogP contribution in [0.2, 0.25) is 0 Å². The fourth-order valence-corrected chi connectivity index (χ4v) is 9.39. The Morgan fingerprint density at radius 1 is 0.340 bits per heavy atom. The van der Waals surface area contributed by atoms with Gasteiger partial charge in [0.1, 0.15) is 0 Å². The Bertz CT molecular complexity index is 3100. The van der Waals surface area contributed by atoms with Gasteiger partial charge in [-0.2, -0.15) is 0 Å². The molecule has 0 atom stereocenters. The van der Waals surface area contributed by atoms with Crippen LogP contribution < -0.4 is 0 Å². The highest BCUT2D eigenvalue weighted by molar-refractivity contribution is 7.26. The van der Waals surface area contributed by atoms with Crippen molar-refractivity contribution < 1.29 is 0 Å². The standard InChI is InChI=1S/C48H30N2S.C2H4/c1-2-12-31(13-3-1)33-25-27-47-41(30-33)39-19-11-23-46(48(39)51-47)50-44-22-9-6-18-38(44)40-29-34(24-26-45(40)50)32-14-10-15-35(28-32)49-42-20-7-4-16-36(42)37-17-5-8-21-43(37)49;1-2/h1-30H;1-2H2. The third-order valence-corrected chi connectivity index (χ3v) is 11.7. The highest BCUT2D eigenvalue weighted by Crippen LogP contribution is 2.43. The van der Waals surface area contributed by atoms with E-state index in [0.29, 0.717) is 0 Å². The molecule has 2 nitrogen and oxygen atoms in total. The van der Waals surface area contributed by atoms with E-state index in [9.17, 15) is 0 Å². The zero-order chi connectivity index (χ0) is 35.5. The van der Waals surface area contributed by atoms with Crippen LogP contribution in [0.25, 0.3) is 97.4 Å². The van der Waals surface area contributed by atoms with Gasteiger partial charge < -0.3 is 9.13 Å². The molecular formula is C50H34N2S. The van der Waals surface area contributed by atoms with Crippen LogP contribution in [-0.2, 0) is 0 Å². The Labute approximate surface area is 311 Å². The minimum atomic E-state index is 1.17. The first-order valence-corrected chi connectivity index (χ1v) is 18.8. The molecule has 0 amide bonds. The lowest BCUT2D eigenvalue weighted by Crippen LogP contribution is -1.94. The van der Waals surface area contributed by atoms with Crippen molar-refractivity contribution >= 4 is 75.1 Å². The lowest BCUT2D eigenvalue weighted by molar-refractivity contribution is 1.18. The molecule has 0 saturated heterocycles. The van der Waals surface area contributed by atoms with Crippen LogP contribution in [0, 0.1) is 0 Å². The van der Waals surface area contributed by atoms with Gasteiger partial charge in [-0.1, -0.05) is 121 Å². The molecule has 250 valence electrons. The van der Waals surface area contributed by atoms with Crippen LogP contribution in [0.15, 0.2) is 195 Å². The highest BCUT2D eigenvalue weighted by Gasteiger charge is 2.18. The van der Waals surface area contributed by atoms with Gasteiger partial charge >= 0.3 is 0 Å². The van der Waals surface area contributed by atoms with Crippen molar-refractivity contribution in [2.24, 2.45) is 0 Å². The van der Waals surface area contributed by atoms with Gasteiger partial charge in [0.25, 0.3) is 0 Å². The summed E-state index contributed by atoms with van der Waals surface area (Å²) >= 11 is 1.89. The zero-order valence-electron chi connectivity index (χ0n) is 29.0. The molecule has 11 rings (SSSR count). The molecule has 0 radical (unpaired) electrons. The maximum absolute atomic E-state index is 3.00. The van der Waals surface area contributed by atoms with Gasteiger partial charge in [0, 0.05) is 42.7 Å². The maximum atomic E-state index is 3.00. The first kappa shape index (κ1) is 31.1. The normalized spacial score (nSPS) is 11.5. The van der Waals surface area contributed by atoms with E-state index in [1.54, 1.807) is 0 Å². The molecule has 0 N–H and O–H groups in total. The van der Waals surface area contributed by atoms with Gasteiger partial charge in [0.15, 0.2) is 0 Å². The zero-order valence-corrected chi connectivity index (χ0v) is 29.9. The lowest BCUT2D eigenvalue weighted by Gasteiger charge is -2.11. The number of para-hydroxylation sites is 3. The van der Waals surface area contributed by atoms with Gasteiger partial charge in [-0.05, 0) is 82.9 Å². The molecule has 0 bridgehead atoms. The van der Waals surface area contributed by atoms with Gasteiger partial charge in [-0.15, -0.1) is 24.5 Å². The number of hydrogen-bond acceptors (Lipinski definition) is 1. The minimum Gasteiger partial charge on any atom is -0.309 e. The molecule has 11 aromatic rings. The van der Waals surface area contributed by atoms with Crippen LogP contribution in [0.3, 0.4) is 0 Å². The smallest absolute Gasteiger partial charge is 0.0640 e. The van der Waals surface area contributed by atoms with Gasteiger partial charge in [0.2, 0.25) is 0 Å². The van der Waals surface area contributed by atoms with E-state index >= 15 is 0 Å². The van der Waals surface area contributed by atoms with Crippen LogP contribution in [0.4, 0.5) is 0 Å². The molecule has 0 aliphatic carbocycles. The predicted molar refractivity (Wildman–Crippen MR) is 230 cm³/mol. The molecular weight excluding hydrogens is 661 g/mol. The highest BCUT2D eigenvalue weighted by atomic mass is 32.1. The molecule has 3 aromatic heterocycles. The lowest BCUT2D eigenvalue weighted by atomic mass is 10.0. The van der Waals surface area contributed by atoms with E-state index in [1.807, 2.05) is 11.3 Å². The fraction of sp³-hybridized carbons (Fsp3) is 0. The second-order valence-corrected chi connectivity index (χ2v) is 14.4. The molecule has 0 fully saturated rings. The van der Waals surface area contributed by atoms with E-state index in [1.165, 1.54) is 97.4 Å². The average molecular weight is 695 g/mol. The Morgan fingerprint density at radius 3 is 1.58 bits per heavy atom. The summed E-state index contributed by atoms with van der Waals surface area (Å²) in [6.07, 6.45) is 0. The van der Waals surface area contributed by atoms with Crippen LogP contribution in [-0.4, -0.2) is 9.13 Å². The Morgan fingerprint density at radius 2 is 0.849 bits per heavy atom. The third-order valence-electron chi connectivity index (χ3n) is 10.5. The second kappa shape index (κ2) is 12.5. The van der Waals surface area contributed by atoms with E-state index in [-0.39, 0.29) is 0 Å². The number of aromatic nitrogens is 2. The molecule has 0 aliphatic heterocycles. The molecule has 0 unspecified atom stereocenters. The number of thiophene rings is 1. The van der Waals surface area contributed by atoms with Gasteiger partial charge in [0.05, 0.1) is 32.5 Å². The SMILES string of the molecule is C=C.c1ccc(-c2ccc3sc4c(-n5c6ccccc6c6cc(-c7cccc(-n8c9ccccc9c9ccccc98)c7)ccc65)cccc4c3c2)cc1. The molecule has 53 heavy (non-hydrogen) atoms. The molecule has 8 aromatic carbocycles.